The highest BCUT2D eigenvalue weighted by Gasteiger charge is 2.04. The van der Waals surface area contributed by atoms with Gasteiger partial charge in [0.25, 0.3) is 0 Å². The van der Waals surface area contributed by atoms with Crippen molar-refractivity contribution in [1.82, 2.24) is 14.8 Å². The van der Waals surface area contributed by atoms with Gasteiger partial charge in [-0.1, -0.05) is 42.5 Å². The highest BCUT2D eigenvalue weighted by atomic mass is 16.5. The fourth-order valence-corrected chi connectivity index (χ4v) is 2.01. The number of benzene rings is 2. The van der Waals surface area contributed by atoms with Crippen molar-refractivity contribution in [2.24, 2.45) is 5.73 Å². The molecule has 0 spiro atoms. The van der Waals surface area contributed by atoms with E-state index in [0.717, 1.165) is 16.8 Å². The molecule has 0 atom stereocenters. The Morgan fingerprint density at radius 2 is 1.81 bits per heavy atom. The Kier molecular flexibility index (Phi) is 3.93. The second-order valence-corrected chi connectivity index (χ2v) is 4.62. The molecule has 3 rings (SSSR count). The number of hydrogen-bond donors (Lipinski definition) is 1. The van der Waals surface area contributed by atoms with E-state index in [1.165, 1.54) is 0 Å². The van der Waals surface area contributed by atoms with Crippen molar-refractivity contribution in [3.63, 3.8) is 0 Å². The van der Waals surface area contributed by atoms with Crippen LogP contribution in [0.5, 0.6) is 6.01 Å². The van der Waals surface area contributed by atoms with E-state index in [9.17, 15) is 0 Å². The van der Waals surface area contributed by atoms with Crippen molar-refractivity contribution in [2.45, 2.75) is 13.2 Å². The van der Waals surface area contributed by atoms with E-state index in [-0.39, 0.29) is 0 Å². The quantitative estimate of drug-likeness (QED) is 0.779. The lowest BCUT2D eigenvalue weighted by Gasteiger charge is -2.04. The molecule has 21 heavy (non-hydrogen) atoms. The van der Waals surface area contributed by atoms with Gasteiger partial charge in [0.05, 0.1) is 5.69 Å². The SMILES string of the molecule is NCc1cccc(COc2ncn(-c3ccccc3)n2)c1. The zero-order valence-electron chi connectivity index (χ0n) is 11.5. The second kappa shape index (κ2) is 6.19. The molecule has 0 radical (unpaired) electrons. The van der Waals surface area contributed by atoms with Crippen LogP contribution in [-0.2, 0) is 13.2 Å². The van der Waals surface area contributed by atoms with Gasteiger partial charge in [0.15, 0.2) is 0 Å². The maximum atomic E-state index is 5.62. The van der Waals surface area contributed by atoms with Crippen LogP contribution in [0.4, 0.5) is 0 Å². The summed E-state index contributed by atoms with van der Waals surface area (Å²) in [7, 11) is 0. The number of hydrogen-bond acceptors (Lipinski definition) is 4. The van der Waals surface area contributed by atoms with Crippen molar-refractivity contribution in [2.75, 3.05) is 0 Å². The summed E-state index contributed by atoms with van der Waals surface area (Å²) in [5.41, 5.74) is 8.71. The van der Waals surface area contributed by atoms with E-state index in [1.54, 1.807) is 11.0 Å². The van der Waals surface area contributed by atoms with E-state index in [1.807, 2.05) is 54.6 Å². The first kappa shape index (κ1) is 13.3. The maximum absolute atomic E-state index is 5.62. The summed E-state index contributed by atoms with van der Waals surface area (Å²) >= 11 is 0. The Balaban J connectivity index is 1.67. The summed E-state index contributed by atoms with van der Waals surface area (Å²) in [4.78, 5) is 4.16. The van der Waals surface area contributed by atoms with Gasteiger partial charge in [0.1, 0.15) is 12.9 Å². The summed E-state index contributed by atoms with van der Waals surface area (Å²) < 4.78 is 7.30. The van der Waals surface area contributed by atoms with Gasteiger partial charge in [-0.25, -0.2) is 4.68 Å². The van der Waals surface area contributed by atoms with Gasteiger partial charge >= 0.3 is 6.01 Å². The highest BCUT2D eigenvalue weighted by Crippen LogP contribution is 2.11. The molecular formula is C16H16N4O. The summed E-state index contributed by atoms with van der Waals surface area (Å²) in [6, 6.07) is 18.1. The molecule has 0 amide bonds. The molecule has 0 bridgehead atoms. The third-order valence-corrected chi connectivity index (χ3v) is 3.09. The molecule has 1 heterocycles. The third-order valence-electron chi connectivity index (χ3n) is 3.09. The molecule has 0 aliphatic heterocycles. The molecule has 3 aromatic rings. The Morgan fingerprint density at radius 3 is 2.62 bits per heavy atom. The zero-order chi connectivity index (χ0) is 14.5. The number of ether oxygens (including phenoxy) is 1. The van der Waals surface area contributed by atoms with Crippen LogP contribution in [-0.4, -0.2) is 14.8 Å². The molecule has 2 aromatic carbocycles. The van der Waals surface area contributed by atoms with Crippen LogP contribution >= 0.6 is 0 Å². The molecule has 0 unspecified atom stereocenters. The smallest absolute Gasteiger partial charge is 0.336 e. The lowest BCUT2D eigenvalue weighted by molar-refractivity contribution is 0.281. The minimum absolute atomic E-state index is 0.358. The minimum atomic E-state index is 0.358. The Labute approximate surface area is 123 Å². The van der Waals surface area contributed by atoms with Crippen LogP contribution in [0.25, 0.3) is 5.69 Å². The van der Waals surface area contributed by atoms with Crippen LogP contribution in [0.3, 0.4) is 0 Å². The number of para-hydroxylation sites is 1. The summed E-state index contributed by atoms with van der Waals surface area (Å²) in [5, 5.41) is 4.30. The van der Waals surface area contributed by atoms with E-state index in [0.29, 0.717) is 19.2 Å². The summed E-state index contributed by atoms with van der Waals surface area (Å²) in [5.74, 6) is 0. The van der Waals surface area contributed by atoms with Crippen molar-refractivity contribution in [3.8, 4) is 11.7 Å². The predicted octanol–water partition coefficient (Wildman–Crippen LogP) is 2.31. The zero-order valence-corrected chi connectivity index (χ0v) is 11.5. The van der Waals surface area contributed by atoms with Crippen molar-refractivity contribution in [1.29, 1.82) is 0 Å². The van der Waals surface area contributed by atoms with E-state index in [2.05, 4.69) is 10.1 Å². The highest BCUT2D eigenvalue weighted by molar-refractivity contribution is 5.29. The van der Waals surface area contributed by atoms with E-state index >= 15 is 0 Å². The number of nitrogens with zero attached hydrogens (tertiary/aromatic N) is 3. The topological polar surface area (TPSA) is 66.0 Å². The average Bonchev–Trinajstić information content (AvgIpc) is 3.03. The van der Waals surface area contributed by atoms with Gasteiger partial charge < -0.3 is 10.5 Å². The normalized spacial score (nSPS) is 10.5. The lowest BCUT2D eigenvalue weighted by Crippen LogP contribution is -2.01. The predicted molar refractivity (Wildman–Crippen MR) is 80.0 cm³/mol. The van der Waals surface area contributed by atoms with Gasteiger partial charge in [-0.05, 0) is 23.3 Å². The maximum Gasteiger partial charge on any atom is 0.336 e. The molecule has 1 aromatic heterocycles. The standard InChI is InChI=1S/C16H16N4O/c17-10-13-5-4-6-14(9-13)11-21-16-18-12-20(19-16)15-7-2-1-3-8-15/h1-9,12H,10-11,17H2. The molecular weight excluding hydrogens is 264 g/mol. The number of rotatable bonds is 5. The van der Waals surface area contributed by atoms with Crippen LogP contribution in [0.2, 0.25) is 0 Å². The van der Waals surface area contributed by atoms with Crippen LogP contribution in [0.15, 0.2) is 60.9 Å². The minimum Gasteiger partial charge on any atom is -0.458 e. The van der Waals surface area contributed by atoms with Crippen LogP contribution < -0.4 is 10.5 Å². The first-order chi connectivity index (χ1) is 10.3. The van der Waals surface area contributed by atoms with Crippen LogP contribution in [0, 0.1) is 0 Å². The Morgan fingerprint density at radius 1 is 1.00 bits per heavy atom. The molecule has 5 nitrogen and oxygen atoms in total. The Hall–Kier alpha value is -2.66. The van der Waals surface area contributed by atoms with Gasteiger partial charge in [-0.3, -0.25) is 0 Å². The fourth-order valence-electron chi connectivity index (χ4n) is 2.01. The average molecular weight is 280 g/mol. The number of nitrogens with two attached hydrogens (primary N) is 1. The van der Waals surface area contributed by atoms with Crippen molar-refractivity contribution in [3.05, 3.63) is 72.1 Å². The van der Waals surface area contributed by atoms with Gasteiger partial charge in [0.2, 0.25) is 0 Å². The molecule has 0 fully saturated rings. The first-order valence-electron chi connectivity index (χ1n) is 6.73. The Bertz CT molecular complexity index is 709. The van der Waals surface area contributed by atoms with Crippen LogP contribution in [0.1, 0.15) is 11.1 Å². The largest absolute Gasteiger partial charge is 0.458 e. The van der Waals surface area contributed by atoms with Gasteiger partial charge in [-0.2, -0.15) is 4.98 Å². The first-order valence-corrected chi connectivity index (χ1v) is 6.73. The van der Waals surface area contributed by atoms with Gasteiger partial charge in [-0.15, -0.1) is 5.10 Å². The monoisotopic (exact) mass is 280 g/mol. The molecule has 0 saturated heterocycles. The van der Waals surface area contributed by atoms with Gasteiger partial charge in [0, 0.05) is 6.54 Å². The molecule has 0 aliphatic rings. The molecule has 106 valence electrons. The lowest BCUT2D eigenvalue weighted by atomic mass is 10.1. The molecule has 0 aliphatic carbocycles. The summed E-state index contributed by atoms with van der Waals surface area (Å²) in [6.07, 6.45) is 1.64. The summed E-state index contributed by atoms with van der Waals surface area (Å²) in [6.45, 7) is 0.946. The molecule has 5 heteroatoms. The molecule has 2 N–H and O–H groups in total. The van der Waals surface area contributed by atoms with E-state index in [4.69, 9.17) is 10.5 Å². The van der Waals surface area contributed by atoms with Crippen molar-refractivity contribution >= 4 is 0 Å². The van der Waals surface area contributed by atoms with Crippen molar-refractivity contribution < 1.29 is 4.74 Å². The number of aromatic nitrogens is 3. The van der Waals surface area contributed by atoms with E-state index < -0.39 is 0 Å². The fraction of sp³-hybridized carbons (Fsp3) is 0.125. The molecule has 0 saturated carbocycles. The second-order valence-electron chi connectivity index (χ2n) is 4.62. The third kappa shape index (κ3) is 3.27.